The normalized spacial score (nSPS) is 9.87. The zero-order valence-electron chi connectivity index (χ0n) is 8.55. The van der Waals surface area contributed by atoms with Crippen LogP contribution in [0.1, 0.15) is 5.56 Å². The number of rotatable bonds is 2. The van der Waals surface area contributed by atoms with Crippen LogP contribution < -0.4 is 4.90 Å². The van der Waals surface area contributed by atoms with E-state index in [1.165, 1.54) is 6.08 Å². The van der Waals surface area contributed by atoms with E-state index < -0.39 is 0 Å². The number of hydrogen-bond acceptors (Lipinski definition) is 1. The molecule has 4 heteroatoms. The van der Waals surface area contributed by atoms with Gasteiger partial charge in [0.05, 0.1) is 5.69 Å². The summed E-state index contributed by atoms with van der Waals surface area (Å²) in [5.74, 6) is -0.113. The first-order valence-electron chi connectivity index (χ1n) is 4.33. The van der Waals surface area contributed by atoms with Crippen molar-refractivity contribution < 1.29 is 4.79 Å². The minimum absolute atomic E-state index is 0.113. The van der Waals surface area contributed by atoms with Crippen molar-refractivity contribution in [3.05, 3.63) is 38.4 Å². The highest BCUT2D eigenvalue weighted by atomic mass is 127. The number of nitrogens with zero attached hydrogens (tertiary/aromatic N) is 1. The smallest absolute Gasteiger partial charge is 0.250 e. The van der Waals surface area contributed by atoms with Crippen molar-refractivity contribution in [2.75, 3.05) is 11.9 Å². The second kappa shape index (κ2) is 5.12. The summed E-state index contributed by atoms with van der Waals surface area (Å²) in [7, 11) is 1.74. The van der Waals surface area contributed by atoms with Gasteiger partial charge in [0, 0.05) is 15.1 Å². The first-order chi connectivity index (χ1) is 6.97. The zero-order chi connectivity index (χ0) is 11.6. The van der Waals surface area contributed by atoms with E-state index in [2.05, 4.69) is 45.1 Å². The molecular formula is C11H11BrINO. The van der Waals surface area contributed by atoms with Gasteiger partial charge in [-0.2, -0.15) is 0 Å². The Hall–Kier alpha value is -0.360. The van der Waals surface area contributed by atoms with Crippen LogP contribution in [0.5, 0.6) is 0 Å². The molecular weight excluding hydrogens is 369 g/mol. The summed E-state index contributed by atoms with van der Waals surface area (Å²) < 4.78 is 1.96. The third-order valence-corrected chi connectivity index (χ3v) is 3.43. The van der Waals surface area contributed by atoms with E-state index in [4.69, 9.17) is 0 Å². The van der Waals surface area contributed by atoms with E-state index in [1.807, 2.05) is 19.1 Å². The van der Waals surface area contributed by atoms with Gasteiger partial charge in [0.15, 0.2) is 0 Å². The molecule has 0 heterocycles. The number of amides is 1. The largest absolute Gasteiger partial charge is 0.310 e. The topological polar surface area (TPSA) is 20.3 Å². The number of carbonyl (C=O) groups excluding carboxylic acids is 1. The quantitative estimate of drug-likeness (QED) is 0.568. The monoisotopic (exact) mass is 379 g/mol. The number of anilines is 1. The summed E-state index contributed by atoms with van der Waals surface area (Å²) in [5, 5.41) is 0. The first-order valence-corrected chi connectivity index (χ1v) is 6.20. The predicted molar refractivity (Wildman–Crippen MR) is 75.2 cm³/mol. The maximum Gasteiger partial charge on any atom is 0.250 e. The van der Waals surface area contributed by atoms with Gasteiger partial charge < -0.3 is 4.90 Å². The molecule has 0 saturated heterocycles. The molecule has 80 valence electrons. The van der Waals surface area contributed by atoms with Gasteiger partial charge >= 0.3 is 0 Å². The summed E-state index contributed by atoms with van der Waals surface area (Å²) in [5.41, 5.74) is 2.04. The number of hydrogen-bond donors (Lipinski definition) is 0. The Morgan fingerprint density at radius 1 is 1.60 bits per heavy atom. The van der Waals surface area contributed by atoms with Gasteiger partial charge in [0.2, 0.25) is 5.91 Å². The Bertz CT molecular complexity index is 394. The molecule has 1 rings (SSSR count). The van der Waals surface area contributed by atoms with E-state index in [0.29, 0.717) is 0 Å². The molecule has 0 bridgehead atoms. The fourth-order valence-corrected chi connectivity index (χ4v) is 3.61. The Morgan fingerprint density at radius 3 is 2.67 bits per heavy atom. The Kier molecular flexibility index (Phi) is 4.33. The lowest BCUT2D eigenvalue weighted by Crippen LogP contribution is -2.25. The van der Waals surface area contributed by atoms with Crippen molar-refractivity contribution in [2.45, 2.75) is 6.92 Å². The highest BCUT2D eigenvalue weighted by molar-refractivity contribution is 14.1. The Balaban J connectivity index is 3.25. The van der Waals surface area contributed by atoms with Gasteiger partial charge in [-0.3, -0.25) is 4.79 Å². The molecule has 0 spiro atoms. The van der Waals surface area contributed by atoms with E-state index >= 15 is 0 Å². The molecule has 0 atom stereocenters. The van der Waals surface area contributed by atoms with Gasteiger partial charge in [-0.25, -0.2) is 0 Å². The average molecular weight is 380 g/mol. The predicted octanol–water partition coefficient (Wildman–Crippen LogP) is 3.51. The van der Waals surface area contributed by atoms with Crippen LogP contribution in [-0.2, 0) is 4.79 Å². The SMILES string of the molecule is C=CC(=O)N(C)c1c(Br)cc(C)cc1I. The third-order valence-electron chi connectivity index (χ3n) is 2.00. The summed E-state index contributed by atoms with van der Waals surface area (Å²) >= 11 is 5.68. The van der Waals surface area contributed by atoms with Crippen LogP contribution >= 0.6 is 38.5 Å². The molecule has 0 fully saturated rings. The van der Waals surface area contributed by atoms with Gasteiger partial charge in [-0.05, 0) is 69.2 Å². The number of benzene rings is 1. The highest BCUT2D eigenvalue weighted by Gasteiger charge is 2.14. The first kappa shape index (κ1) is 12.7. The fraction of sp³-hybridized carbons (Fsp3) is 0.182. The molecule has 0 aliphatic carbocycles. The summed E-state index contributed by atoms with van der Waals surface area (Å²) in [6, 6.07) is 4.03. The molecule has 1 aromatic rings. The molecule has 0 unspecified atom stereocenters. The van der Waals surface area contributed by atoms with E-state index in [0.717, 1.165) is 19.3 Å². The minimum atomic E-state index is -0.113. The van der Waals surface area contributed by atoms with Crippen LogP contribution in [0.4, 0.5) is 5.69 Å². The second-order valence-electron chi connectivity index (χ2n) is 3.18. The van der Waals surface area contributed by atoms with Crippen LogP contribution in [0.2, 0.25) is 0 Å². The van der Waals surface area contributed by atoms with Crippen LogP contribution in [0.3, 0.4) is 0 Å². The molecule has 0 aliphatic heterocycles. The van der Waals surface area contributed by atoms with Gasteiger partial charge in [0.25, 0.3) is 0 Å². The van der Waals surface area contributed by atoms with Crippen LogP contribution in [0, 0.1) is 10.5 Å². The molecule has 15 heavy (non-hydrogen) atoms. The lowest BCUT2D eigenvalue weighted by atomic mass is 10.2. The molecule has 0 radical (unpaired) electrons. The lowest BCUT2D eigenvalue weighted by Gasteiger charge is -2.19. The number of likely N-dealkylation sites (N-methyl/N-ethyl adjacent to an activating group) is 1. The van der Waals surface area contributed by atoms with Gasteiger partial charge in [0.1, 0.15) is 0 Å². The van der Waals surface area contributed by atoms with Crippen LogP contribution in [-0.4, -0.2) is 13.0 Å². The van der Waals surface area contributed by atoms with Crippen molar-refractivity contribution in [3.63, 3.8) is 0 Å². The summed E-state index contributed by atoms with van der Waals surface area (Å²) in [4.78, 5) is 13.1. The fourth-order valence-electron chi connectivity index (χ4n) is 1.26. The summed E-state index contributed by atoms with van der Waals surface area (Å²) in [6.45, 7) is 5.49. The second-order valence-corrected chi connectivity index (χ2v) is 5.20. The maximum absolute atomic E-state index is 11.5. The molecule has 0 aliphatic rings. The third kappa shape index (κ3) is 2.81. The molecule has 0 saturated carbocycles. The van der Waals surface area contributed by atoms with Gasteiger partial charge in [-0.1, -0.05) is 6.58 Å². The Morgan fingerprint density at radius 2 is 2.20 bits per heavy atom. The standard InChI is InChI=1S/C11H11BrINO/c1-4-10(15)14(3)11-8(12)5-7(2)6-9(11)13/h4-6H,1H2,2-3H3. The molecule has 0 N–H and O–H groups in total. The number of carbonyl (C=O) groups is 1. The zero-order valence-corrected chi connectivity index (χ0v) is 12.3. The van der Waals surface area contributed by atoms with Gasteiger partial charge in [-0.15, -0.1) is 0 Å². The molecule has 2 nitrogen and oxygen atoms in total. The number of aryl methyl sites for hydroxylation is 1. The van der Waals surface area contributed by atoms with Crippen molar-refractivity contribution in [1.29, 1.82) is 0 Å². The minimum Gasteiger partial charge on any atom is -0.310 e. The van der Waals surface area contributed by atoms with E-state index in [-0.39, 0.29) is 5.91 Å². The highest BCUT2D eigenvalue weighted by Crippen LogP contribution is 2.32. The van der Waals surface area contributed by atoms with E-state index in [1.54, 1.807) is 11.9 Å². The average Bonchev–Trinajstić information content (AvgIpc) is 2.14. The summed E-state index contributed by atoms with van der Waals surface area (Å²) in [6.07, 6.45) is 1.31. The maximum atomic E-state index is 11.5. The lowest BCUT2D eigenvalue weighted by molar-refractivity contribution is -0.113. The van der Waals surface area contributed by atoms with Crippen molar-refractivity contribution in [2.24, 2.45) is 0 Å². The van der Waals surface area contributed by atoms with Crippen molar-refractivity contribution in [3.8, 4) is 0 Å². The van der Waals surface area contributed by atoms with Crippen molar-refractivity contribution >= 4 is 50.1 Å². The van der Waals surface area contributed by atoms with Crippen LogP contribution in [0.15, 0.2) is 29.3 Å². The number of halogens is 2. The van der Waals surface area contributed by atoms with Crippen molar-refractivity contribution in [1.82, 2.24) is 0 Å². The molecule has 1 aromatic carbocycles. The van der Waals surface area contributed by atoms with Crippen LogP contribution in [0.25, 0.3) is 0 Å². The molecule has 1 amide bonds. The Labute approximate surface area is 112 Å². The van der Waals surface area contributed by atoms with E-state index in [9.17, 15) is 4.79 Å². The molecule has 0 aromatic heterocycles.